The monoisotopic (exact) mass is 210 g/mol. The molecule has 82 valence electrons. The Morgan fingerprint density at radius 3 is 2.73 bits per heavy atom. The van der Waals surface area contributed by atoms with Gasteiger partial charge in [-0.2, -0.15) is 0 Å². The van der Waals surface area contributed by atoms with Crippen LogP contribution in [0.25, 0.3) is 0 Å². The van der Waals surface area contributed by atoms with Crippen LogP contribution in [0.3, 0.4) is 0 Å². The number of carboxylic acids is 1. The van der Waals surface area contributed by atoms with E-state index in [9.17, 15) is 9.59 Å². The lowest BCUT2D eigenvalue weighted by molar-refractivity contribution is -0.137. The fourth-order valence-electron chi connectivity index (χ4n) is 1.22. The molecule has 1 aromatic rings. The highest BCUT2D eigenvalue weighted by atomic mass is 16.4. The van der Waals surface area contributed by atoms with Gasteiger partial charge in [-0.05, 0) is 18.9 Å². The summed E-state index contributed by atoms with van der Waals surface area (Å²) in [5, 5.41) is 11.0. The van der Waals surface area contributed by atoms with Crippen molar-refractivity contribution < 1.29 is 14.7 Å². The highest BCUT2D eigenvalue weighted by Gasteiger charge is 2.08. The van der Waals surface area contributed by atoms with E-state index < -0.39 is 5.97 Å². The van der Waals surface area contributed by atoms with Crippen LogP contribution in [0.15, 0.2) is 12.4 Å². The number of hydrogen-bond acceptors (Lipinski definition) is 2. The quantitative estimate of drug-likeness (QED) is 0.632. The minimum absolute atomic E-state index is 0.0758. The number of aromatic nitrogens is 1. The summed E-state index contributed by atoms with van der Waals surface area (Å²) in [5.74, 6) is -1.01. The number of rotatable bonds is 5. The van der Waals surface area contributed by atoms with E-state index in [1.807, 2.05) is 6.92 Å². The van der Waals surface area contributed by atoms with Crippen LogP contribution < -0.4 is 5.32 Å². The van der Waals surface area contributed by atoms with Crippen LogP contribution in [0.5, 0.6) is 0 Å². The average Bonchev–Trinajstić information content (AvgIpc) is 2.58. The third-order valence-corrected chi connectivity index (χ3v) is 2.05. The van der Waals surface area contributed by atoms with Gasteiger partial charge in [-0.15, -0.1) is 0 Å². The fourth-order valence-corrected chi connectivity index (χ4v) is 1.22. The molecule has 0 saturated heterocycles. The van der Waals surface area contributed by atoms with Crippen molar-refractivity contribution >= 4 is 11.9 Å². The van der Waals surface area contributed by atoms with Gasteiger partial charge in [0.2, 0.25) is 0 Å². The maximum absolute atomic E-state index is 11.5. The molecule has 0 unspecified atom stereocenters. The number of nitrogens with one attached hydrogen (secondary N) is 2. The number of carbonyl (C=O) groups is 2. The Kier molecular flexibility index (Phi) is 3.91. The molecule has 0 aliphatic rings. The zero-order valence-electron chi connectivity index (χ0n) is 8.54. The first kappa shape index (κ1) is 11.3. The zero-order chi connectivity index (χ0) is 11.3. The first-order valence-corrected chi connectivity index (χ1v) is 4.74. The third-order valence-electron chi connectivity index (χ3n) is 2.05. The topological polar surface area (TPSA) is 82.2 Å². The second-order valence-corrected chi connectivity index (χ2v) is 3.31. The van der Waals surface area contributed by atoms with Gasteiger partial charge in [0.05, 0.1) is 5.56 Å². The van der Waals surface area contributed by atoms with Crippen molar-refractivity contribution in [1.82, 2.24) is 10.3 Å². The predicted octanol–water partition coefficient (Wildman–Crippen LogP) is 0.918. The molecule has 0 atom stereocenters. The number of carboxylic acid groups (broad SMARTS) is 1. The molecule has 1 amide bonds. The molecule has 1 rings (SSSR count). The van der Waals surface area contributed by atoms with Crippen LogP contribution >= 0.6 is 0 Å². The first-order chi connectivity index (χ1) is 7.11. The predicted molar refractivity (Wildman–Crippen MR) is 54.7 cm³/mol. The van der Waals surface area contributed by atoms with Crippen LogP contribution in [0, 0.1) is 6.92 Å². The van der Waals surface area contributed by atoms with E-state index in [0.29, 0.717) is 18.5 Å². The number of hydrogen-bond donors (Lipinski definition) is 3. The van der Waals surface area contributed by atoms with Gasteiger partial charge >= 0.3 is 5.97 Å². The maximum Gasteiger partial charge on any atom is 0.303 e. The molecule has 0 fully saturated rings. The van der Waals surface area contributed by atoms with E-state index in [1.54, 1.807) is 12.4 Å². The SMILES string of the molecule is Cc1c[nH]cc1C(=O)NCCCC(=O)O. The van der Waals surface area contributed by atoms with Crippen LogP contribution in [0.1, 0.15) is 28.8 Å². The summed E-state index contributed by atoms with van der Waals surface area (Å²) in [6, 6.07) is 0. The van der Waals surface area contributed by atoms with Crippen molar-refractivity contribution in [1.29, 1.82) is 0 Å². The minimum Gasteiger partial charge on any atom is -0.481 e. The molecule has 0 spiro atoms. The van der Waals surface area contributed by atoms with E-state index in [1.165, 1.54) is 0 Å². The largest absolute Gasteiger partial charge is 0.481 e. The molecule has 0 radical (unpaired) electrons. The maximum atomic E-state index is 11.5. The average molecular weight is 210 g/mol. The second-order valence-electron chi connectivity index (χ2n) is 3.31. The molecule has 0 aliphatic heterocycles. The summed E-state index contributed by atoms with van der Waals surface area (Å²) in [6.45, 7) is 2.22. The summed E-state index contributed by atoms with van der Waals surface area (Å²) < 4.78 is 0. The van der Waals surface area contributed by atoms with Gasteiger partial charge in [-0.25, -0.2) is 0 Å². The zero-order valence-corrected chi connectivity index (χ0v) is 8.54. The Morgan fingerprint density at radius 1 is 1.47 bits per heavy atom. The lowest BCUT2D eigenvalue weighted by atomic mass is 10.2. The molecule has 5 heteroatoms. The van der Waals surface area contributed by atoms with Crippen LogP contribution in [-0.2, 0) is 4.79 Å². The molecular weight excluding hydrogens is 196 g/mol. The van der Waals surface area contributed by atoms with Crippen molar-refractivity contribution in [3.05, 3.63) is 23.5 Å². The molecule has 1 aromatic heterocycles. The number of amides is 1. The van der Waals surface area contributed by atoms with Crippen molar-refractivity contribution in [3.8, 4) is 0 Å². The number of aromatic amines is 1. The van der Waals surface area contributed by atoms with Crippen molar-refractivity contribution in [2.45, 2.75) is 19.8 Å². The summed E-state index contributed by atoms with van der Waals surface area (Å²) in [4.78, 5) is 24.5. The number of aryl methyl sites for hydroxylation is 1. The van der Waals surface area contributed by atoms with Gasteiger partial charge in [0.25, 0.3) is 5.91 Å². The van der Waals surface area contributed by atoms with Crippen molar-refractivity contribution in [3.63, 3.8) is 0 Å². The number of H-pyrrole nitrogens is 1. The van der Waals surface area contributed by atoms with Crippen LogP contribution in [-0.4, -0.2) is 28.5 Å². The lowest BCUT2D eigenvalue weighted by Crippen LogP contribution is -2.25. The number of carbonyl (C=O) groups excluding carboxylic acids is 1. The van der Waals surface area contributed by atoms with E-state index in [0.717, 1.165) is 5.56 Å². The van der Waals surface area contributed by atoms with E-state index >= 15 is 0 Å². The van der Waals surface area contributed by atoms with Crippen molar-refractivity contribution in [2.75, 3.05) is 6.54 Å². The summed E-state index contributed by atoms with van der Waals surface area (Å²) in [6.07, 6.45) is 3.89. The van der Waals surface area contributed by atoms with E-state index in [2.05, 4.69) is 10.3 Å². The first-order valence-electron chi connectivity index (χ1n) is 4.74. The lowest BCUT2D eigenvalue weighted by Gasteiger charge is -2.02. The summed E-state index contributed by atoms with van der Waals surface area (Å²) in [7, 11) is 0. The minimum atomic E-state index is -0.845. The Hall–Kier alpha value is -1.78. The highest BCUT2D eigenvalue weighted by molar-refractivity contribution is 5.95. The molecule has 1 heterocycles. The Morgan fingerprint density at radius 2 is 2.20 bits per heavy atom. The van der Waals surface area contributed by atoms with E-state index in [4.69, 9.17) is 5.11 Å². The molecular formula is C10H14N2O3. The fraction of sp³-hybridized carbons (Fsp3) is 0.400. The Bertz CT molecular complexity index is 357. The van der Waals surface area contributed by atoms with E-state index in [-0.39, 0.29) is 12.3 Å². The van der Waals surface area contributed by atoms with Gasteiger partial charge in [-0.1, -0.05) is 0 Å². The smallest absolute Gasteiger partial charge is 0.303 e. The Balaban J connectivity index is 2.31. The summed E-state index contributed by atoms with van der Waals surface area (Å²) >= 11 is 0. The van der Waals surface area contributed by atoms with Gasteiger partial charge < -0.3 is 15.4 Å². The van der Waals surface area contributed by atoms with Crippen molar-refractivity contribution in [2.24, 2.45) is 0 Å². The number of aliphatic carboxylic acids is 1. The van der Waals surface area contributed by atoms with Gasteiger partial charge in [0, 0.05) is 25.4 Å². The third kappa shape index (κ3) is 3.46. The highest BCUT2D eigenvalue weighted by Crippen LogP contribution is 2.04. The van der Waals surface area contributed by atoms with Crippen LogP contribution in [0.4, 0.5) is 0 Å². The summed E-state index contributed by atoms with van der Waals surface area (Å²) in [5.41, 5.74) is 1.48. The molecule has 0 saturated carbocycles. The van der Waals surface area contributed by atoms with Gasteiger partial charge in [-0.3, -0.25) is 9.59 Å². The normalized spacial score (nSPS) is 9.93. The molecule has 0 aromatic carbocycles. The van der Waals surface area contributed by atoms with Crippen LogP contribution in [0.2, 0.25) is 0 Å². The van der Waals surface area contributed by atoms with Gasteiger partial charge in [0.1, 0.15) is 0 Å². The molecule has 5 nitrogen and oxygen atoms in total. The molecule has 0 aliphatic carbocycles. The molecule has 15 heavy (non-hydrogen) atoms. The molecule has 3 N–H and O–H groups in total. The van der Waals surface area contributed by atoms with Gasteiger partial charge in [0.15, 0.2) is 0 Å². The Labute approximate surface area is 87.5 Å². The molecule has 0 bridgehead atoms. The standard InChI is InChI=1S/C10H14N2O3/c1-7-5-11-6-8(7)10(15)12-4-2-3-9(13)14/h5-6,11H,2-4H2,1H3,(H,12,15)(H,13,14). The second kappa shape index (κ2) is 5.19.